The molecule has 0 aliphatic carbocycles. The first-order valence-electron chi connectivity index (χ1n) is 7.62. The first kappa shape index (κ1) is 18.6. The van der Waals surface area contributed by atoms with Crippen molar-refractivity contribution in [2.24, 2.45) is 0 Å². The van der Waals surface area contributed by atoms with E-state index in [1.165, 1.54) is 0 Å². The van der Waals surface area contributed by atoms with E-state index in [1.54, 1.807) is 0 Å². The predicted molar refractivity (Wildman–Crippen MR) is 83.3 cm³/mol. The number of aliphatic hydroxyl groups excluding tert-OH is 1. The zero-order chi connectivity index (χ0) is 16.6. The number of rotatable bonds is 9. The molecule has 0 heterocycles. The molecule has 0 bridgehead atoms. The lowest BCUT2D eigenvalue weighted by molar-refractivity contribution is -0.999. The fourth-order valence-corrected chi connectivity index (χ4v) is 2.40. The van der Waals surface area contributed by atoms with Gasteiger partial charge in [-0.15, -0.1) is 0 Å². The molecule has 2 atom stereocenters. The summed E-state index contributed by atoms with van der Waals surface area (Å²) >= 11 is 0. The van der Waals surface area contributed by atoms with Gasteiger partial charge >= 0.3 is 6.41 Å². The van der Waals surface area contributed by atoms with E-state index in [-0.39, 0.29) is 10.4 Å². The zero-order valence-electron chi connectivity index (χ0n) is 13.6. The van der Waals surface area contributed by atoms with Crippen LogP contribution in [0.2, 0.25) is 0 Å². The maximum Gasteiger partial charge on any atom is 0.334 e. The molecule has 0 aliphatic heterocycles. The third-order valence-corrected chi connectivity index (χ3v) is 3.74. The van der Waals surface area contributed by atoms with Crippen molar-refractivity contribution >= 4 is 5.91 Å². The van der Waals surface area contributed by atoms with Crippen molar-refractivity contribution in [2.75, 3.05) is 13.6 Å². The summed E-state index contributed by atoms with van der Waals surface area (Å²) < 4.78 is 0.179. The van der Waals surface area contributed by atoms with Crippen LogP contribution in [0.5, 0.6) is 0 Å². The Morgan fingerprint density at radius 3 is 2.36 bits per heavy atom. The van der Waals surface area contributed by atoms with E-state index in [9.17, 15) is 9.90 Å². The second kappa shape index (κ2) is 8.85. The van der Waals surface area contributed by atoms with Gasteiger partial charge in [-0.1, -0.05) is 38.1 Å². The van der Waals surface area contributed by atoms with E-state index in [0.717, 1.165) is 17.5 Å². The minimum absolute atomic E-state index is 0.0273. The standard InChI is InChI=1S/C16H26N2O4/c1-4-10-18(3,16(20)22-21)12-14-8-6-13(7-9-14)11-17-15(19)5-2/h6-9,16,20H,4-5,10-12H2,1-3H3,(H-,17,19,21)/p+1. The number of hydrogen-bond acceptors (Lipinski definition) is 4. The molecular weight excluding hydrogens is 284 g/mol. The fourth-order valence-electron chi connectivity index (χ4n) is 2.40. The number of hydrogen-bond donors (Lipinski definition) is 3. The quantitative estimate of drug-likeness (QED) is 0.281. The van der Waals surface area contributed by atoms with Gasteiger partial charge < -0.3 is 10.4 Å². The summed E-state index contributed by atoms with van der Waals surface area (Å²) in [5.41, 5.74) is 2.05. The molecule has 3 N–H and O–H groups in total. The Morgan fingerprint density at radius 2 is 1.86 bits per heavy atom. The second-order valence-electron chi connectivity index (χ2n) is 5.74. The molecule has 22 heavy (non-hydrogen) atoms. The average molecular weight is 311 g/mol. The third kappa shape index (κ3) is 5.38. The lowest BCUT2D eigenvalue weighted by Gasteiger charge is -2.36. The molecule has 6 nitrogen and oxygen atoms in total. The van der Waals surface area contributed by atoms with Crippen LogP contribution < -0.4 is 5.32 Å². The van der Waals surface area contributed by atoms with Gasteiger partial charge in [-0.05, 0) is 12.0 Å². The van der Waals surface area contributed by atoms with Crippen molar-refractivity contribution in [1.82, 2.24) is 5.32 Å². The molecule has 1 aromatic rings. The number of aliphatic hydroxyl groups is 1. The summed E-state index contributed by atoms with van der Waals surface area (Å²) in [7, 11) is 1.83. The van der Waals surface area contributed by atoms with Gasteiger partial charge in [0.25, 0.3) is 0 Å². The summed E-state index contributed by atoms with van der Waals surface area (Å²) in [5.74, 6) is 0.0273. The van der Waals surface area contributed by atoms with Crippen LogP contribution in [0.3, 0.4) is 0 Å². The normalized spacial score (nSPS) is 15.1. The zero-order valence-corrected chi connectivity index (χ0v) is 13.6. The van der Waals surface area contributed by atoms with Crippen LogP contribution in [0.15, 0.2) is 24.3 Å². The van der Waals surface area contributed by atoms with Gasteiger partial charge in [0.1, 0.15) is 6.54 Å². The van der Waals surface area contributed by atoms with Crippen molar-refractivity contribution in [3.05, 3.63) is 35.4 Å². The SMILES string of the molecule is CCC[N+](C)(Cc1ccc(CNC(=O)CC)cc1)C(O)OO. The Balaban J connectivity index is 2.70. The molecule has 0 spiro atoms. The Kier molecular flexibility index (Phi) is 7.47. The van der Waals surface area contributed by atoms with Crippen LogP contribution in [0, 0.1) is 0 Å². The largest absolute Gasteiger partial charge is 0.352 e. The number of nitrogens with one attached hydrogen (secondary N) is 1. The number of benzene rings is 1. The minimum atomic E-state index is -1.27. The highest BCUT2D eigenvalue weighted by atomic mass is 17.1. The van der Waals surface area contributed by atoms with Gasteiger partial charge in [0.15, 0.2) is 0 Å². The molecule has 6 heteroatoms. The maximum atomic E-state index is 11.2. The number of nitrogens with zero attached hydrogens (tertiary/aromatic N) is 1. The molecule has 0 aliphatic rings. The number of amides is 1. The summed E-state index contributed by atoms with van der Waals surface area (Å²) in [6.45, 7) is 5.56. The summed E-state index contributed by atoms with van der Waals surface area (Å²) in [6.07, 6.45) is 0.0608. The van der Waals surface area contributed by atoms with Crippen LogP contribution in [0.25, 0.3) is 0 Å². The number of carbonyl (C=O) groups excluding carboxylic acids is 1. The molecule has 1 aromatic carbocycles. The number of carbonyl (C=O) groups is 1. The lowest BCUT2D eigenvalue weighted by Crippen LogP contribution is -2.53. The summed E-state index contributed by atoms with van der Waals surface area (Å²) in [4.78, 5) is 15.4. The molecule has 0 saturated heterocycles. The highest BCUT2D eigenvalue weighted by Crippen LogP contribution is 2.17. The first-order valence-corrected chi connectivity index (χ1v) is 7.62. The van der Waals surface area contributed by atoms with Gasteiger partial charge in [-0.3, -0.25) is 9.28 Å². The molecule has 1 rings (SSSR count). The van der Waals surface area contributed by atoms with Crippen molar-refractivity contribution in [2.45, 2.75) is 46.2 Å². The van der Waals surface area contributed by atoms with E-state index in [0.29, 0.717) is 26.1 Å². The van der Waals surface area contributed by atoms with E-state index >= 15 is 0 Å². The Labute approximate surface area is 131 Å². The molecule has 0 fully saturated rings. The molecule has 2 unspecified atom stereocenters. The molecule has 0 radical (unpaired) electrons. The van der Waals surface area contributed by atoms with Crippen molar-refractivity contribution in [3.63, 3.8) is 0 Å². The maximum absolute atomic E-state index is 11.2. The van der Waals surface area contributed by atoms with Gasteiger partial charge in [0.2, 0.25) is 5.91 Å². The highest BCUT2D eigenvalue weighted by molar-refractivity contribution is 5.75. The fraction of sp³-hybridized carbons (Fsp3) is 0.562. The number of quaternary nitrogens is 1. The van der Waals surface area contributed by atoms with E-state index < -0.39 is 6.41 Å². The van der Waals surface area contributed by atoms with Crippen LogP contribution >= 0.6 is 0 Å². The van der Waals surface area contributed by atoms with Gasteiger partial charge in [-0.25, -0.2) is 5.26 Å². The summed E-state index contributed by atoms with van der Waals surface area (Å²) in [5, 5.41) is 21.4. The second-order valence-corrected chi connectivity index (χ2v) is 5.74. The van der Waals surface area contributed by atoms with Gasteiger partial charge in [-0.2, -0.15) is 4.89 Å². The Morgan fingerprint density at radius 1 is 1.27 bits per heavy atom. The van der Waals surface area contributed by atoms with Crippen LogP contribution in [0.1, 0.15) is 37.8 Å². The molecule has 0 saturated carbocycles. The van der Waals surface area contributed by atoms with Crippen LogP contribution in [-0.2, 0) is 22.8 Å². The van der Waals surface area contributed by atoms with Crippen molar-refractivity contribution in [3.8, 4) is 0 Å². The Bertz CT molecular complexity index is 464. The monoisotopic (exact) mass is 311 g/mol. The topological polar surface area (TPSA) is 78.8 Å². The average Bonchev–Trinajstić information content (AvgIpc) is 2.53. The van der Waals surface area contributed by atoms with E-state index in [1.807, 2.05) is 45.2 Å². The predicted octanol–water partition coefficient (Wildman–Crippen LogP) is 1.83. The lowest BCUT2D eigenvalue weighted by atomic mass is 10.1. The molecular formula is C16H27N2O4+. The van der Waals surface area contributed by atoms with Gasteiger partial charge in [0, 0.05) is 18.5 Å². The summed E-state index contributed by atoms with van der Waals surface area (Å²) in [6, 6.07) is 7.83. The highest BCUT2D eigenvalue weighted by Gasteiger charge is 2.31. The minimum Gasteiger partial charge on any atom is -0.352 e. The van der Waals surface area contributed by atoms with Crippen molar-refractivity contribution in [1.29, 1.82) is 0 Å². The molecule has 0 aromatic heterocycles. The van der Waals surface area contributed by atoms with Crippen LogP contribution in [0.4, 0.5) is 0 Å². The van der Waals surface area contributed by atoms with E-state index in [4.69, 9.17) is 5.26 Å². The first-order chi connectivity index (χ1) is 10.4. The van der Waals surface area contributed by atoms with E-state index in [2.05, 4.69) is 10.2 Å². The van der Waals surface area contributed by atoms with Gasteiger partial charge in [0.05, 0.1) is 13.6 Å². The third-order valence-electron chi connectivity index (χ3n) is 3.74. The molecule has 1 amide bonds. The Hall–Kier alpha value is -1.47. The smallest absolute Gasteiger partial charge is 0.334 e. The molecule has 124 valence electrons. The van der Waals surface area contributed by atoms with Crippen molar-refractivity contribution < 1.29 is 24.5 Å². The van der Waals surface area contributed by atoms with Crippen LogP contribution in [-0.4, -0.2) is 40.8 Å².